The largest absolute Gasteiger partial charge is 0.340 e. The summed E-state index contributed by atoms with van der Waals surface area (Å²) in [5, 5.41) is 3.40. The molecule has 0 amide bonds. The van der Waals surface area contributed by atoms with Gasteiger partial charge in [-0.15, -0.1) is 0 Å². The van der Waals surface area contributed by atoms with Crippen LogP contribution in [0.3, 0.4) is 0 Å². The van der Waals surface area contributed by atoms with Gasteiger partial charge in [-0.25, -0.2) is 9.97 Å². The highest BCUT2D eigenvalue weighted by atomic mass is 15.3. The lowest BCUT2D eigenvalue weighted by molar-refractivity contribution is 0.711. The van der Waals surface area contributed by atoms with Gasteiger partial charge in [0.2, 0.25) is 5.95 Å². The molecule has 0 saturated carbocycles. The van der Waals surface area contributed by atoms with Gasteiger partial charge in [0.1, 0.15) is 0 Å². The molecule has 1 N–H and O–H groups in total. The van der Waals surface area contributed by atoms with Crippen LogP contribution in [0.15, 0.2) is 12.4 Å². The Labute approximate surface area is 110 Å². The lowest BCUT2D eigenvalue weighted by Crippen LogP contribution is -2.29. The van der Waals surface area contributed by atoms with Gasteiger partial charge in [-0.05, 0) is 31.4 Å². The normalized spacial score (nSPS) is 16.6. The van der Waals surface area contributed by atoms with Crippen molar-refractivity contribution in [2.45, 2.75) is 39.0 Å². The number of aryl methyl sites for hydroxylation is 1. The number of nitrogens with one attached hydrogen (secondary N) is 1. The van der Waals surface area contributed by atoms with Gasteiger partial charge in [-0.3, -0.25) is 0 Å². The van der Waals surface area contributed by atoms with Crippen LogP contribution < -0.4 is 10.2 Å². The first-order chi connectivity index (χ1) is 8.90. The third-order valence-electron chi connectivity index (χ3n) is 3.38. The maximum atomic E-state index is 4.51. The van der Waals surface area contributed by atoms with Gasteiger partial charge < -0.3 is 10.2 Å². The first kappa shape index (κ1) is 13.3. The van der Waals surface area contributed by atoms with Crippen LogP contribution in [0.1, 0.15) is 38.2 Å². The zero-order valence-electron chi connectivity index (χ0n) is 11.4. The highest BCUT2D eigenvalue weighted by Gasteiger charge is 2.11. The summed E-state index contributed by atoms with van der Waals surface area (Å²) in [4.78, 5) is 11.3. The monoisotopic (exact) mass is 248 g/mol. The third kappa shape index (κ3) is 3.95. The lowest BCUT2D eigenvalue weighted by Gasteiger charge is -2.19. The van der Waals surface area contributed by atoms with Crippen molar-refractivity contribution in [1.82, 2.24) is 15.3 Å². The zero-order chi connectivity index (χ0) is 12.6. The molecule has 0 aliphatic carbocycles. The van der Waals surface area contributed by atoms with Gasteiger partial charge in [0.05, 0.1) is 0 Å². The molecule has 4 heteroatoms. The van der Waals surface area contributed by atoms with Gasteiger partial charge in [0.25, 0.3) is 0 Å². The Hall–Kier alpha value is -1.16. The van der Waals surface area contributed by atoms with E-state index in [-0.39, 0.29) is 0 Å². The summed E-state index contributed by atoms with van der Waals surface area (Å²) in [6.45, 7) is 6.43. The molecule has 1 aliphatic heterocycles. The molecule has 0 spiro atoms. The van der Waals surface area contributed by atoms with Crippen LogP contribution in [0.25, 0.3) is 0 Å². The first-order valence-electron chi connectivity index (χ1n) is 7.16. The topological polar surface area (TPSA) is 41.1 Å². The zero-order valence-corrected chi connectivity index (χ0v) is 11.4. The molecule has 1 aliphatic rings. The molecule has 0 aromatic carbocycles. The molecule has 0 bridgehead atoms. The minimum Gasteiger partial charge on any atom is -0.340 e. The summed E-state index contributed by atoms with van der Waals surface area (Å²) in [7, 11) is 0. The van der Waals surface area contributed by atoms with E-state index in [1.165, 1.54) is 31.2 Å². The van der Waals surface area contributed by atoms with E-state index in [2.05, 4.69) is 27.1 Å². The summed E-state index contributed by atoms with van der Waals surface area (Å²) in [6, 6.07) is 0. The van der Waals surface area contributed by atoms with Gasteiger partial charge in [0, 0.05) is 32.0 Å². The van der Waals surface area contributed by atoms with E-state index >= 15 is 0 Å². The standard InChI is InChI=1S/C14H24N4/c1-2-3-4-6-13-11-16-14(17-12-13)18-9-5-7-15-8-10-18/h11-12,15H,2-10H2,1H3. The molecule has 0 atom stereocenters. The molecule has 1 fully saturated rings. The van der Waals surface area contributed by atoms with E-state index in [9.17, 15) is 0 Å². The second-order valence-electron chi connectivity index (χ2n) is 4.94. The molecule has 1 aromatic rings. The number of unbranched alkanes of at least 4 members (excludes halogenated alkanes) is 2. The first-order valence-corrected chi connectivity index (χ1v) is 7.16. The van der Waals surface area contributed by atoms with E-state index in [1.807, 2.05) is 12.4 Å². The maximum Gasteiger partial charge on any atom is 0.225 e. The van der Waals surface area contributed by atoms with Crippen molar-refractivity contribution in [1.29, 1.82) is 0 Å². The number of nitrogens with zero attached hydrogens (tertiary/aromatic N) is 3. The average molecular weight is 248 g/mol. The van der Waals surface area contributed by atoms with Crippen molar-refractivity contribution < 1.29 is 0 Å². The van der Waals surface area contributed by atoms with Gasteiger partial charge in [0.15, 0.2) is 0 Å². The molecular formula is C14H24N4. The fraction of sp³-hybridized carbons (Fsp3) is 0.714. The molecule has 2 heterocycles. The van der Waals surface area contributed by atoms with Crippen LogP contribution in [0, 0.1) is 0 Å². The Morgan fingerprint density at radius 2 is 2.00 bits per heavy atom. The van der Waals surface area contributed by atoms with Crippen LogP contribution in [-0.4, -0.2) is 36.1 Å². The second kappa shape index (κ2) is 7.31. The molecule has 1 saturated heterocycles. The van der Waals surface area contributed by atoms with Crippen LogP contribution in [0.5, 0.6) is 0 Å². The maximum absolute atomic E-state index is 4.51. The van der Waals surface area contributed by atoms with Crippen LogP contribution in [-0.2, 0) is 6.42 Å². The van der Waals surface area contributed by atoms with Crippen molar-refractivity contribution in [3.8, 4) is 0 Å². The van der Waals surface area contributed by atoms with Crippen LogP contribution in [0.4, 0.5) is 5.95 Å². The van der Waals surface area contributed by atoms with Gasteiger partial charge in [-0.2, -0.15) is 0 Å². The number of anilines is 1. The third-order valence-corrected chi connectivity index (χ3v) is 3.38. The Kier molecular flexibility index (Phi) is 5.39. The predicted octanol–water partition coefficient (Wildman–Crippen LogP) is 2.01. The molecule has 0 unspecified atom stereocenters. The summed E-state index contributed by atoms with van der Waals surface area (Å²) in [5.74, 6) is 0.887. The summed E-state index contributed by atoms with van der Waals surface area (Å²) in [5.41, 5.74) is 1.26. The number of rotatable bonds is 5. The lowest BCUT2D eigenvalue weighted by atomic mass is 10.1. The van der Waals surface area contributed by atoms with Gasteiger partial charge >= 0.3 is 0 Å². The Morgan fingerprint density at radius 1 is 1.17 bits per heavy atom. The van der Waals surface area contributed by atoms with E-state index < -0.39 is 0 Å². The molecule has 2 rings (SSSR count). The van der Waals surface area contributed by atoms with Crippen LogP contribution >= 0.6 is 0 Å². The fourth-order valence-electron chi connectivity index (χ4n) is 2.27. The number of aromatic nitrogens is 2. The Morgan fingerprint density at radius 3 is 2.78 bits per heavy atom. The molecule has 4 nitrogen and oxygen atoms in total. The SMILES string of the molecule is CCCCCc1cnc(N2CCCNCC2)nc1. The van der Waals surface area contributed by atoms with Crippen molar-refractivity contribution in [3.05, 3.63) is 18.0 Å². The summed E-state index contributed by atoms with van der Waals surface area (Å²) >= 11 is 0. The Balaban J connectivity index is 1.89. The molecule has 0 radical (unpaired) electrons. The quantitative estimate of drug-likeness (QED) is 0.809. The van der Waals surface area contributed by atoms with Crippen molar-refractivity contribution >= 4 is 5.95 Å². The van der Waals surface area contributed by atoms with Gasteiger partial charge in [-0.1, -0.05) is 19.8 Å². The van der Waals surface area contributed by atoms with E-state index in [0.29, 0.717) is 0 Å². The van der Waals surface area contributed by atoms with Crippen molar-refractivity contribution in [3.63, 3.8) is 0 Å². The Bertz CT molecular complexity index is 328. The fourth-order valence-corrected chi connectivity index (χ4v) is 2.27. The summed E-state index contributed by atoms with van der Waals surface area (Å²) < 4.78 is 0. The number of hydrogen-bond acceptors (Lipinski definition) is 4. The van der Waals surface area contributed by atoms with E-state index in [1.54, 1.807) is 0 Å². The minimum absolute atomic E-state index is 0.887. The van der Waals surface area contributed by atoms with E-state index in [4.69, 9.17) is 0 Å². The van der Waals surface area contributed by atoms with Crippen LogP contribution in [0.2, 0.25) is 0 Å². The molecule has 1 aromatic heterocycles. The second-order valence-corrected chi connectivity index (χ2v) is 4.94. The summed E-state index contributed by atoms with van der Waals surface area (Å²) in [6.07, 6.45) is 10.1. The molecule has 100 valence electrons. The average Bonchev–Trinajstić information content (AvgIpc) is 2.69. The van der Waals surface area contributed by atoms with Crippen molar-refractivity contribution in [2.24, 2.45) is 0 Å². The predicted molar refractivity (Wildman–Crippen MR) is 75.0 cm³/mol. The van der Waals surface area contributed by atoms with Crippen molar-refractivity contribution in [2.75, 3.05) is 31.1 Å². The molecule has 18 heavy (non-hydrogen) atoms. The smallest absolute Gasteiger partial charge is 0.225 e. The minimum atomic E-state index is 0.887. The highest BCUT2D eigenvalue weighted by Crippen LogP contribution is 2.10. The highest BCUT2D eigenvalue weighted by molar-refractivity contribution is 5.30. The molecular weight excluding hydrogens is 224 g/mol. The van der Waals surface area contributed by atoms with E-state index in [0.717, 1.165) is 38.5 Å². The number of hydrogen-bond donors (Lipinski definition) is 1.